The van der Waals surface area contributed by atoms with Crippen molar-refractivity contribution < 1.29 is 21.1 Å². The van der Waals surface area contributed by atoms with E-state index in [0.717, 1.165) is 66.9 Å². The molecule has 230 valence electrons. The van der Waals surface area contributed by atoms with Gasteiger partial charge in [-0.2, -0.15) is 0 Å². The Morgan fingerprint density at radius 2 is 1.27 bits per heavy atom. The van der Waals surface area contributed by atoms with E-state index in [4.69, 9.17) is 4.98 Å². The van der Waals surface area contributed by atoms with Crippen LogP contribution in [-0.2, 0) is 28.1 Å². The van der Waals surface area contributed by atoms with Crippen LogP contribution in [0.1, 0.15) is 0 Å². The molecule has 6 aromatic carbocycles. The molecule has 0 N–H and O–H groups in total. The Morgan fingerprint density at radius 3 is 2.10 bits per heavy atom. The first-order chi connectivity index (χ1) is 23.2. The second-order valence-electron chi connectivity index (χ2n) is 11.8. The van der Waals surface area contributed by atoms with Crippen molar-refractivity contribution in [2.24, 2.45) is 7.05 Å². The normalized spacial score (nSPS) is 11.3. The van der Waals surface area contributed by atoms with Gasteiger partial charge in [-0.3, -0.25) is 4.98 Å². The smallest absolute Gasteiger partial charge is 0.367 e. The minimum Gasteiger partial charge on any atom is -0.367 e. The summed E-state index contributed by atoms with van der Waals surface area (Å²) in [4.78, 5) is 9.83. The molecule has 0 amide bonds. The van der Waals surface area contributed by atoms with Crippen LogP contribution in [0.2, 0.25) is 0 Å². The van der Waals surface area contributed by atoms with E-state index < -0.39 is 0 Å². The maximum absolute atomic E-state index is 5.26. The minimum absolute atomic E-state index is 0. The molecule has 0 radical (unpaired) electrons. The maximum atomic E-state index is 5.26. The Hall–Kier alpha value is -5.57. The number of hydrogen-bond acceptors (Lipinski definition) is 2. The molecule has 0 aliphatic heterocycles. The number of rotatable bonds is 5. The molecule has 9 rings (SSSR count). The molecular formula is C43H28N4Pt. The molecule has 3 heterocycles. The summed E-state index contributed by atoms with van der Waals surface area (Å²) < 4.78 is 4.43. The Bertz CT molecular complexity index is 2570. The minimum atomic E-state index is 0. The van der Waals surface area contributed by atoms with Crippen LogP contribution in [0.25, 0.3) is 83.4 Å². The molecule has 48 heavy (non-hydrogen) atoms. The second-order valence-corrected chi connectivity index (χ2v) is 11.8. The zero-order chi connectivity index (χ0) is 31.3. The van der Waals surface area contributed by atoms with Gasteiger partial charge < -0.3 is 14.1 Å². The second kappa shape index (κ2) is 12.2. The number of hydrogen-bond donors (Lipinski definition) is 0. The first kappa shape index (κ1) is 29.8. The molecule has 0 aliphatic rings. The standard InChI is InChI=1S/C43H28N4.Pt/c1-46-40-19-10-16-35(31-22-20-30(21-23-31)29-11-3-2-4-12-29)42(40)45-43(46)33-24-25-37-36-15-5-6-18-39(36)47(41(37)28-33)34-14-9-13-32(27-34)38-17-7-8-26-44-38;/h2-26H,1H3;/q-2;+2. The summed E-state index contributed by atoms with van der Waals surface area (Å²) in [5.41, 5.74) is 12.5. The maximum Gasteiger partial charge on any atom is 2.00 e. The molecule has 0 fully saturated rings. The van der Waals surface area contributed by atoms with Gasteiger partial charge in [0.15, 0.2) is 0 Å². The summed E-state index contributed by atoms with van der Waals surface area (Å²) >= 11 is 0. The molecule has 0 atom stereocenters. The molecule has 0 spiro atoms. The van der Waals surface area contributed by atoms with Crippen LogP contribution in [0.4, 0.5) is 0 Å². The third-order valence-corrected chi connectivity index (χ3v) is 9.00. The summed E-state index contributed by atoms with van der Waals surface area (Å²) in [7, 11) is 2.09. The first-order valence-corrected chi connectivity index (χ1v) is 15.7. The summed E-state index contributed by atoms with van der Waals surface area (Å²) in [6.07, 6.45) is 1.82. The van der Waals surface area contributed by atoms with Crippen LogP contribution in [0, 0.1) is 12.1 Å². The average Bonchev–Trinajstić information content (AvgIpc) is 3.66. The Balaban J connectivity index is 0.00000336. The number of pyridine rings is 1. The third kappa shape index (κ3) is 4.97. The van der Waals surface area contributed by atoms with Gasteiger partial charge in [0.05, 0.1) is 16.9 Å². The first-order valence-electron chi connectivity index (χ1n) is 15.7. The van der Waals surface area contributed by atoms with Gasteiger partial charge in [-0.05, 0) is 57.2 Å². The van der Waals surface area contributed by atoms with E-state index in [9.17, 15) is 0 Å². The fourth-order valence-corrected chi connectivity index (χ4v) is 6.69. The van der Waals surface area contributed by atoms with Crippen LogP contribution in [-0.4, -0.2) is 19.1 Å². The molecule has 9 aromatic rings. The SMILES string of the molecule is Cn1c(-c2[c-]c3c(cc2)c2ccccc2n3-c2[c-]c(-c3ccccn3)ccc2)nc2c(-c3ccc(-c4ccccc4)cc3)cccc21.[Pt+2]. The Kier molecular flexibility index (Phi) is 7.59. The van der Waals surface area contributed by atoms with Gasteiger partial charge in [-0.15, -0.1) is 53.6 Å². The van der Waals surface area contributed by atoms with Gasteiger partial charge in [-0.25, -0.2) is 0 Å². The van der Waals surface area contributed by atoms with Crippen molar-refractivity contribution in [1.82, 2.24) is 19.1 Å². The molecule has 0 bridgehead atoms. The van der Waals surface area contributed by atoms with Crippen LogP contribution in [0.5, 0.6) is 0 Å². The molecule has 0 aliphatic carbocycles. The topological polar surface area (TPSA) is 35.6 Å². The molecule has 0 saturated carbocycles. The van der Waals surface area contributed by atoms with E-state index in [0.29, 0.717) is 0 Å². The predicted octanol–water partition coefficient (Wildman–Crippen LogP) is 10.3. The fraction of sp³-hybridized carbons (Fsp3) is 0.0233. The monoisotopic (exact) mass is 795 g/mol. The molecule has 4 nitrogen and oxygen atoms in total. The Morgan fingerprint density at radius 1 is 0.542 bits per heavy atom. The summed E-state index contributed by atoms with van der Waals surface area (Å²) in [6, 6.07) is 58.1. The van der Waals surface area contributed by atoms with Crippen molar-refractivity contribution in [3.63, 3.8) is 0 Å². The van der Waals surface area contributed by atoms with Crippen LogP contribution >= 0.6 is 0 Å². The number of nitrogens with zero attached hydrogens (tertiary/aromatic N) is 4. The summed E-state index contributed by atoms with van der Waals surface area (Å²) in [6.45, 7) is 0. The number of para-hydroxylation sites is 2. The van der Waals surface area contributed by atoms with Gasteiger partial charge in [-0.1, -0.05) is 102 Å². The van der Waals surface area contributed by atoms with Crippen molar-refractivity contribution in [2.75, 3.05) is 0 Å². The number of aryl methyl sites for hydroxylation is 1. The fourth-order valence-electron chi connectivity index (χ4n) is 6.69. The van der Waals surface area contributed by atoms with Crippen LogP contribution in [0.3, 0.4) is 0 Å². The number of fused-ring (bicyclic) bond motifs is 4. The number of imidazole rings is 1. The third-order valence-electron chi connectivity index (χ3n) is 9.00. The molecular weight excluding hydrogens is 768 g/mol. The van der Waals surface area contributed by atoms with Gasteiger partial charge in [0.1, 0.15) is 0 Å². The van der Waals surface area contributed by atoms with E-state index in [1.807, 2.05) is 30.5 Å². The number of aromatic nitrogens is 4. The van der Waals surface area contributed by atoms with Crippen LogP contribution < -0.4 is 0 Å². The van der Waals surface area contributed by atoms with Crippen LogP contribution in [0.15, 0.2) is 152 Å². The van der Waals surface area contributed by atoms with Crippen molar-refractivity contribution in [3.8, 4) is 50.6 Å². The predicted molar refractivity (Wildman–Crippen MR) is 192 cm³/mol. The quantitative estimate of drug-likeness (QED) is 0.163. The zero-order valence-corrected chi connectivity index (χ0v) is 28.3. The van der Waals surface area contributed by atoms with Crippen molar-refractivity contribution in [1.29, 1.82) is 0 Å². The average molecular weight is 796 g/mol. The molecule has 0 unspecified atom stereocenters. The van der Waals surface area contributed by atoms with E-state index in [2.05, 4.69) is 155 Å². The van der Waals surface area contributed by atoms with E-state index in [1.54, 1.807) is 0 Å². The molecule has 0 saturated heterocycles. The molecule has 3 aromatic heterocycles. The van der Waals surface area contributed by atoms with Crippen molar-refractivity contribution in [3.05, 3.63) is 164 Å². The Labute approximate surface area is 293 Å². The summed E-state index contributed by atoms with van der Waals surface area (Å²) in [5.74, 6) is 0.873. The van der Waals surface area contributed by atoms with Crippen molar-refractivity contribution in [2.45, 2.75) is 0 Å². The largest absolute Gasteiger partial charge is 2.00 e. The molecule has 5 heteroatoms. The summed E-state index contributed by atoms with van der Waals surface area (Å²) in [5, 5.41) is 2.31. The zero-order valence-electron chi connectivity index (χ0n) is 26.0. The number of benzene rings is 6. The van der Waals surface area contributed by atoms with E-state index in [1.165, 1.54) is 16.5 Å². The van der Waals surface area contributed by atoms with Gasteiger partial charge in [0.25, 0.3) is 0 Å². The van der Waals surface area contributed by atoms with E-state index >= 15 is 0 Å². The van der Waals surface area contributed by atoms with Gasteiger partial charge in [0, 0.05) is 24.3 Å². The van der Waals surface area contributed by atoms with Gasteiger partial charge in [0.2, 0.25) is 0 Å². The van der Waals surface area contributed by atoms with E-state index in [-0.39, 0.29) is 21.1 Å². The van der Waals surface area contributed by atoms with Gasteiger partial charge >= 0.3 is 21.1 Å². The van der Waals surface area contributed by atoms with Crippen molar-refractivity contribution >= 4 is 32.8 Å².